The first-order valence-corrected chi connectivity index (χ1v) is 5.61. The Morgan fingerprint density at radius 2 is 1.94 bits per heavy atom. The standard InChI is InChI=1S/C13H21NO2/c1-5-12(14)9(2)11-8-10(15-3)6-7-13(11)16-4/h6-9,12H,5,14H2,1-4H3. The molecule has 2 N–H and O–H groups in total. The van der Waals surface area contributed by atoms with E-state index in [9.17, 15) is 0 Å². The first kappa shape index (κ1) is 12.8. The molecule has 90 valence electrons. The van der Waals surface area contributed by atoms with Crippen LogP contribution in [0.25, 0.3) is 0 Å². The lowest BCUT2D eigenvalue weighted by Gasteiger charge is -2.21. The molecule has 0 bridgehead atoms. The third-order valence-corrected chi connectivity index (χ3v) is 3.04. The van der Waals surface area contributed by atoms with Gasteiger partial charge in [0.1, 0.15) is 11.5 Å². The molecule has 0 radical (unpaired) electrons. The van der Waals surface area contributed by atoms with Gasteiger partial charge in [-0.2, -0.15) is 0 Å². The summed E-state index contributed by atoms with van der Waals surface area (Å²) >= 11 is 0. The molecule has 2 atom stereocenters. The molecule has 0 aromatic heterocycles. The van der Waals surface area contributed by atoms with E-state index < -0.39 is 0 Å². The summed E-state index contributed by atoms with van der Waals surface area (Å²) in [4.78, 5) is 0. The fraction of sp³-hybridized carbons (Fsp3) is 0.538. The lowest BCUT2D eigenvalue weighted by Crippen LogP contribution is -2.25. The molecule has 0 aliphatic carbocycles. The average Bonchev–Trinajstić information content (AvgIpc) is 2.35. The van der Waals surface area contributed by atoms with Crippen molar-refractivity contribution < 1.29 is 9.47 Å². The van der Waals surface area contributed by atoms with Crippen LogP contribution in [0.4, 0.5) is 0 Å². The second kappa shape index (κ2) is 5.75. The topological polar surface area (TPSA) is 44.5 Å². The Balaban J connectivity index is 3.07. The molecule has 1 aromatic carbocycles. The molecule has 0 aliphatic rings. The monoisotopic (exact) mass is 223 g/mol. The van der Waals surface area contributed by atoms with E-state index in [1.54, 1.807) is 14.2 Å². The Morgan fingerprint density at radius 1 is 1.25 bits per heavy atom. The van der Waals surface area contributed by atoms with Gasteiger partial charge in [0.05, 0.1) is 14.2 Å². The van der Waals surface area contributed by atoms with E-state index in [1.807, 2.05) is 18.2 Å². The second-order valence-corrected chi connectivity index (χ2v) is 3.97. The quantitative estimate of drug-likeness (QED) is 0.834. The van der Waals surface area contributed by atoms with Crippen molar-refractivity contribution in [1.82, 2.24) is 0 Å². The Bertz CT molecular complexity index is 339. The summed E-state index contributed by atoms with van der Waals surface area (Å²) < 4.78 is 10.6. The van der Waals surface area contributed by atoms with Crippen LogP contribution >= 0.6 is 0 Å². The Hall–Kier alpha value is -1.22. The van der Waals surface area contributed by atoms with Crippen molar-refractivity contribution in [2.45, 2.75) is 32.2 Å². The highest BCUT2D eigenvalue weighted by Crippen LogP contribution is 2.32. The highest BCUT2D eigenvalue weighted by Gasteiger charge is 2.17. The molecule has 0 spiro atoms. The van der Waals surface area contributed by atoms with Crippen LogP contribution in [0.1, 0.15) is 31.7 Å². The van der Waals surface area contributed by atoms with Crippen LogP contribution in [-0.4, -0.2) is 20.3 Å². The molecular weight excluding hydrogens is 202 g/mol. The van der Waals surface area contributed by atoms with Gasteiger partial charge in [-0.25, -0.2) is 0 Å². The van der Waals surface area contributed by atoms with Crippen LogP contribution < -0.4 is 15.2 Å². The summed E-state index contributed by atoms with van der Waals surface area (Å²) in [5.74, 6) is 1.97. The van der Waals surface area contributed by atoms with Gasteiger partial charge in [-0.05, 0) is 30.5 Å². The van der Waals surface area contributed by atoms with Crippen LogP contribution in [0.15, 0.2) is 18.2 Å². The van der Waals surface area contributed by atoms with Gasteiger partial charge in [0.2, 0.25) is 0 Å². The molecule has 0 aliphatic heterocycles. The van der Waals surface area contributed by atoms with Gasteiger partial charge >= 0.3 is 0 Å². The minimum atomic E-state index is 0.140. The summed E-state index contributed by atoms with van der Waals surface area (Å²) in [7, 11) is 3.34. The third kappa shape index (κ3) is 2.67. The van der Waals surface area contributed by atoms with Crippen molar-refractivity contribution in [3.63, 3.8) is 0 Å². The second-order valence-electron chi connectivity index (χ2n) is 3.97. The van der Waals surface area contributed by atoms with E-state index in [0.29, 0.717) is 0 Å². The van der Waals surface area contributed by atoms with Crippen molar-refractivity contribution in [1.29, 1.82) is 0 Å². The van der Waals surface area contributed by atoms with Crippen LogP contribution in [0.3, 0.4) is 0 Å². The smallest absolute Gasteiger partial charge is 0.122 e. The lowest BCUT2D eigenvalue weighted by atomic mass is 9.91. The van der Waals surface area contributed by atoms with Gasteiger partial charge in [-0.3, -0.25) is 0 Å². The molecule has 2 unspecified atom stereocenters. The zero-order valence-electron chi connectivity index (χ0n) is 10.5. The largest absolute Gasteiger partial charge is 0.497 e. The molecule has 1 aromatic rings. The molecule has 0 heterocycles. The van der Waals surface area contributed by atoms with Gasteiger partial charge in [0, 0.05) is 11.6 Å². The van der Waals surface area contributed by atoms with E-state index in [1.165, 1.54) is 0 Å². The van der Waals surface area contributed by atoms with Crippen LogP contribution in [0.2, 0.25) is 0 Å². The maximum Gasteiger partial charge on any atom is 0.122 e. The normalized spacial score (nSPS) is 14.3. The van der Waals surface area contributed by atoms with E-state index >= 15 is 0 Å². The van der Waals surface area contributed by atoms with E-state index in [2.05, 4.69) is 13.8 Å². The van der Waals surface area contributed by atoms with Gasteiger partial charge in [-0.1, -0.05) is 13.8 Å². The zero-order chi connectivity index (χ0) is 12.1. The number of hydrogen-bond acceptors (Lipinski definition) is 3. The van der Waals surface area contributed by atoms with Gasteiger partial charge < -0.3 is 15.2 Å². The number of benzene rings is 1. The van der Waals surface area contributed by atoms with Crippen LogP contribution in [-0.2, 0) is 0 Å². The van der Waals surface area contributed by atoms with Gasteiger partial charge in [0.15, 0.2) is 0 Å². The summed E-state index contributed by atoms with van der Waals surface area (Å²) in [6.45, 7) is 4.21. The Labute approximate surface area is 97.6 Å². The van der Waals surface area contributed by atoms with Gasteiger partial charge in [0.25, 0.3) is 0 Å². The van der Waals surface area contributed by atoms with Crippen molar-refractivity contribution in [3.8, 4) is 11.5 Å². The molecule has 0 fully saturated rings. The summed E-state index contributed by atoms with van der Waals surface area (Å²) in [5, 5.41) is 0. The van der Waals surface area contributed by atoms with Gasteiger partial charge in [-0.15, -0.1) is 0 Å². The first-order valence-electron chi connectivity index (χ1n) is 5.61. The fourth-order valence-electron chi connectivity index (χ4n) is 1.78. The van der Waals surface area contributed by atoms with Crippen molar-refractivity contribution in [3.05, 3.63) is 23.8 Å². The number of methoxy groups -OCH3 is 2. The lowest BCUT2D eigenvalue weighted by molar-refractivity contribution is 0.391. The predicted molar refractivity (Wildman–Crippen MR) is 66.2 cm³/mol. The predicted octanol–water partition coefficient (Wildman–Crippen LogP) is 2.54. The van der Waals surface area contributed by atoms with Crippen molar-refractivity contribution in [2.24, 2.45) is 5.73 Å². The fourth-order valence-corrected chi connectivity index (χ4v) is 1.78. The number of nitrogens with two attached hydrogens (primary N) is 1. The van der Waals surface area contributed by atoms with E-state index in [-0.39, 0.29) is 12.0 Å². The number of rotatable bonds is 5. The highest BCUT2D eigenvalue weighted by molar-refractivity contribution is 5.42. The highest BCUT2D eigenvalue weighted by atomic mass is 16.5. The third-order valence-electron chi connectivity index (χ3n) is 3.04. The summed E-state index contributed by atoms with van der Waals surface area (Å²) in [6.07, 6.45) is 0.946. The SMILES string of the molecule is CCC(N)C(C)c1cc(OC)ccc1OC. The maximum atomic E-state index is 6.07. The number of hydrogen-bond donors (Lipinski definition) is 1. The molecule has 0 amide bonds. The number of ether oxygens (including phenoxy) is 2. The minimum absolute atomic E-state index is 0.140. The molecule has 16 heavy (non-hydrogen) atoms. The van der Waals surface area contributed by atoms with Crippen LogP contribution in [0.5, 0.6) is 11.5 Å². The van der Waals surface area contributed by atoms with Crippen molar-refractivity contribution in [2.75, 3.05) is 14.2 Å². The Kier molecular flexibility index (Phi) is 4.62. The van der Waals surface area contributed by atoms with E-state index in [0.717, 1.165) is 23.5 Å². The average molecular weight is 223 g/mol. The van der Waals surface area contributed by atoms with E-state index in [4.69, 9.17) is 15.2 Å². The summed E-state index contributed by atoms with van der Waals surface area (Å²) in [6, 6.07) is 5.96. The maximum absolute atomic E-state index is 6.07. The molecule has 1 rings (SSSR count). The van der Waals surface area contributed by atoms with Crippen molar-refractivity contribution >= 4 is 0 Å². The molecular formula is C13H21NO2. The first-order chi connectivity index (χ1) is 7.63. The Morgan fingerprint density at radius 3 is 2.44 bits per heavy atom. The molecule has 0 saturated carbocycles. The zero-order valence-corrected chi connectivity index (χ0v) is 10.5. The summed E-state index contributed by atoms with van der Waals surface area (Å²) in [5.41, 5.74) is 7.17. The minimum Gasteiger partial charge on any atom is -0.497 e. The molecule has 3 heteroatoms. The molecule has 0 saturated heterocycles. The van der Waals surface area contributed by atoms with Crippen LogP contribution in [0, 0.1) is 0 Å². The molecule has 3 nitrogen and oxygen atoms in total.